The van der Waals surface area contributed by atoms with Gasteiger partial charge in [-0.15, -0.1) is 0 Å². The molecule has 0 unspecified atom stereocenters. The minimum atomic E-state index is -1.32. The summed E-state index contributed by atoms with van der Waals surface area (Å²) in [7, 11) is 1.52. The average molecular weight is 418 g/mol. The fourth-order valence-electron chi connectivity index (χ4n) is 4.15. The normalized spacial score (nSPS) is 15.7. The molecule has 0 bridgehead atoms. The summed E-state index contributed by atoms with van der Waals surface area (Å²) in [5, 5.41) is 14.2. The van der Waals surface area contributed by atoms with Gasteiger partial charge in [0.2, 0.25) is 0 Å². The van der Waals surface area contributed by atoms with Gasteiger partial charge in [-0.2, -0.15) is 0 Å². The Morgan fingerprint density at radius 1 is 1.07 bits per heavy atom. The first-order valence-electron chi connectivity index (χ1n) is 10.2. The zero-order valence-corrected chi connectivity index (χ0v) is 17.1. The van der Waals surface area contributed by atoms with Crippen LogP contribution < -0.4 is 5.32 Å². The number of carbonyl (C=O) groups excluding carboxylic acids is 1. The molecule has 0 saturated carbocycles. The Bertz CT molecular complexity index is 774. The number of rotatable bonds is 7. The summed E-state index contributed by atoms with van der Waals surface area (Å²) in [5.41, 5.74) is -0.114. The highest BCUT2D eigenvalue weighted by Gasteiger charge is 2.41. The molecule has 0 spiro atoms. The molecule has 30 heavy (non-hydrogen) atoms. The van der Waals surface area contributed by atoms with Crippen LogP contribution >= 0.6 is 0 Å². The molecule has 0 aliphatic carbocycles. The molecule has 2 aromatic carbocycles. The summed E-state index contributed by atoms with van der Waals surface area (Å²) < 4.78 is 32.0. The fourth-order valence-corrected chi connectivity index (χ4v) is 4.15. The third-order valence-electron chi connectivity index (χ3n) is 5.80. The predicted octanol–water partition coefficient (Wildman–Crippen LogP) is 3.66. The fraction of sp³-hybridized carbons (Fsp3) is 0.435. The number of alkyl carbamates (subject to hydrolysis) is 1. The predicted molar refractivity (Wildman–Crippen MR) is 110 cm³/mol. The molecule has 7 heteroatoms. The number of nitrogens with one attached hydrogen (secondary N) is 1. The number of ether oxygens (including phenoxy) is 1. The molecule has 1 saturated heterocycles. The molecule has 3 rings (SSSR count). The Kier molecular flexibility index (Phi) is 7.39. The van der Waals surface area contributed by atoms with E-state index in [4.69, 9.17) is 4.74 Å². The van der Waals surface area contributed by atoms with Crippen molar-refractivity contribution in [3.63, 3.8) is 0 Å². The second-order valence-corrected chi connectivity index (χ2v) is 7.64. The van der Waals surface area contributed by atoms with E-state index in [2.05, 4.69) is 10.2 Å². The van der Waals surface area contributed by atoms with E-state index in [9.17, 15) is 18.7 Å². The monoisotopic (exact) mass is 418 g/mol. The Hall–Kier alpha value is -2.51. The topological polar surface area (TPSA) is 61.8 Å². The number of halogens is 2. The lowest BCUT2D eigenvalue weighted by molar-refractivity contribution is -0.0148. The summed E-state index contributed by atoms with van der Waals surface area (Å²) >= 11 is 0. The molecule has 1 amide bonds. The van der Waals surface area contributed by atoms with Crippen LogP contribution in [-0.4, -0.2) is 49.4 Å². The van der Waals surface area contributed by atoms with Crippen LogP contribution in [0.1, 0.15) is 30.4 Å². The van der Waals surface area contributed by atoms with E-state index in [1.807, 2.05) is 0 Å². The summed E-state index contributed by atoms with van der Waals surface area (Å²) in [6.07, 6.45) is 1.78. The number of carbonyl (C=O) groups is 1. The van der Waals surface area contributed by atoms with Gasteiger partial charge in [0.15, 0.2) is 0 Å². The molecule has 1 aliphatic rings. The Balaban J connectivity index is 1.69. The van der Waals surface area contributed by atoms with Gasteiger partial charge >= 0.3 is 6.09 Å². The lowest BCUT2D eigenvalue weighted by atomic mass is 9.72. The molecule has 2 aromatic rings. The molecule has 5 nitrogen and oxygen atoms in total. The standard InChI is InChI=1S/C23H28F2N2O3/c1-26-22(28)30-16-2-13-27-14-11-19(12-15-27)23(29,17-3-7-20(24)8-4-17)18-5-9-21(25)10-6-18/h3-10,19,29H,2,11-16H2,1H3,(H,26,28). The first kappa shape index (κ1) is 22.2. The van der Waals surface area contributed by atoms with Crippen LogP contribution in [0.5, 0.6) is 0 Å². The smallest absolute Gasteiger partial charge is 0.406 e. The van der Waals surface area contributed by atoms with Crippen LogP contribution in [-0.2, 0) is 10.3 Å². The molecular weight excluding hydrogens is 390 g/mol. The van der Waals surface area contributed by atoms with E-state index in [1.54, 1.807) is 24.3 Å². The number of amides is 1. The summed E-state index contributed by atoms with van der Waals surface area (Å²) in [6, 6.07) is 11.7. The molecule has 0 radical (unpaired) electrons. The Morgan fingerprint density at radius 3 is 2.03 bits per heavy atom. The minimum Gasteiger partial charge on any atom is -0.450 e. The molecule has 1 fully saturated rings. The van der Waals surface area contributed by atoms with Crippen molar-refractivity contribution in [2.45, 2.75) is 24.9 Å². The van der Waals surface area contributed by atoms with E-state index in [0.29, 0.717) is 17.7 Å². The quantitative estimate of drug-likeness (QED) is 0.674. The van der Waals surface area contributed by atoms with Crippen molar-refractivity contribution in [1.29, 1.82) is 0 Å². The van der Waals surface area contributed by atoms with Gasteiger partial charge < -0.3 is 20.1 Å². The van der Waals surface area contributed by atoms with Crippen molar-refractivity contribution in [3.05, 3.63) is 71.3 Å². The van der Waals surface area contributed by atoms with Crippen molar-refractivity contribution >= 4 is 6.09 Å². The van der Waals surface area contributed by atoms with Crippen LogP contribution in [0, 0.1) is 17.6 Å². The maximum atomic E-state index is 13.5. The van der Waals surface area contributed by atoms with E-state index < -0.39 is 11.7 Å². The first-order chi connectivity index (χ1) is 14.4. The zero-order chi connectivity index (χ0) is 21.6. The minimum absolute atomic E-state index is 0.0909. The highest BCUT2D eigenvalue weighted by atomic mass is 19.1. The van der Waals surface area contributed by atoms with Gasteiger partial charge in [0.25, 0.3) is 0 Å². The lowest BCUT2D eigenvalue weighted by Crippen LogP contribution is -2.44. The van der Waals surface area contributed by atoms with Gasteiger partial charge in [0, 0.05) is 13.6 Å². The third-order valence-corrected chi connectivity index (χ3v) is 5.80. The number of aliphatic hydroxyl groups is 1. The number of likely N-dealkylation sites (tertiary alicyclic amines) is 1. The van der Waals surface area contributed by atoms with Crippen LogP contribution in [0.15, 0.2) is 48.5 Å². The molecule has 2 N–H and O–H groups in total. The van der Waals surface area contributed by atoms with Crippen molar-refractivity contribution in [2.75, 3.05) is 33.3 Å². The van der Waals surface area contributed by atoms with E-state index >= 15 is 0 Å². The average Bonchev–Trinajstić information content (AvgIpc) is 2.77. The number of nitrogens with zero attached hydrogens (tertiary/aromatic N) is 1. The largest absolute Gasteiger partial charge is 0.450 e. The number of hydrogen-bond acceptors (Lipinski definition) is 4. The molecular formula is C23H28F2N2O3. The van der Waals surface area contributed by atoms with Crippen molar-refractivity contribution in [2.24, 2.45) is 5.92 Å². The lowest BCUT2D eigenvalue weighted by Gasteiger charge is -2.42. The highest BCUT2D eigenvalue weighted by molar-refractivity contribution is 5.66. The van der Waals surface area contributed by atoms with Gasteiger partial charge in [-0.05, 0) is 73.7 Å². The van der Waals surface area contributed by atoms with Gasteiger partial charge in [-0.3, -0.25) is 0 Å². The van der Waals surface area contributed by atoms with Gasteiger partial charge in [-0.25, -0.2) is 13.6 Å². The third kappa shape index (κ3) is 5.15. The molecule has 162 valence electrons. The van der Waals surface area contributed by atoms with Crippen molar-refractivity contribution in [1.82, 2.24) is 10.2 Å². The van der Waals surface area contributed by atoms with E-state index in [1.165, 1.54) is 31.3 Å². The molecule has 1 heterocycles. The molecule has 0 aromatic heterocycles. The summed E-state index contributed by atoms with van der Waals surface area (Å²) in [5.74, 6) is -0.824. The van der Waals surface area contributed by atoms with Crippen molar-refractivity contribution < 1.29 is 23.4 Å². The first-order valence-corrected chi connectivity index (χ1v) is 10.2. The molecule has 1 aliphatic heterocycles. The number of benzene rings is 2. The van der Waals surface area contributed by atoms with Crippen LogP contribution in [0.3, 0.4) is 0 Å². The number of piperidine rings is 1. The molecule has 0 atom stereocenters. The summed E-state index contributed by atoms with van der Waals surface area (Å²) in [4.78, 5) is 13.4. The van der Waals surface area contributed by atoms with Gasteiger partial charge in [0.05, 0.1) is 6.61 Å². The number of hydrogen-bond donors (Lipinski definition) is 2. The van der Waals surface area contributed by atoms with Gasteiger partial charge in [0.1, 0.15) is 17.2 Å². The van der Waals surface area contributed by atoms with Crippen molar-refractivity contribution in [3.8, 4) is 0 Å². The second kappa shape index (κ2) is 10.00. The second-order valence-electron chi connectivity index (χ2n) is 7.64. The van der Waals surface area contributed by atoms with E-state index in [0.717, 1.165) is 38.9 Å². The summed E-state index contributed by atoms with van der Waals surface area (Å²) in [6.45, 7) is 2.73. The zero-order valence-electron chi connectivity index (χ0n) is 17.1. The maximum absolute atomic E-state index is 13.5. The SMILES string of the molecule is CNC(=O)OCCCN1CCC(C(O)(c2ccc(F)cc2)c2ccc(F)cc2)CC1. The van der Waals surface area contributed by atoms with Crippen LogP contribution in [0.4, 0.5) is 13.6 Å². The van der Waals surface area contributed by atoms with Crippen LogP contribution in [0.25, 0.3) is 0 Å². The maximum Gasteiger partial charge on any atom is 0.406 e. The van der Waals surface area contributed by atoms with Crippen LogP contribution in [0.2, 0.25) is 0 Å². The Morgan fingerprint density at radius 2 is 1.57 bits per heavy atom. The van der Waals surface area contributed by atoms with E-state index in [-0.39, 0.29) is 17.6 Å². The highest BCUT2D eigenvalue weighted by Crippen LogP contribution is 2.42. The Labute approximate surface area is 175 Å². The van der Waals surface area contributed by atoms with Gasteiger partial charge in [-0.1, -0.05) is 24.3 Å².